The topological polar surface area (TPSA) is 50.7 Å². The highest BCUT2D eigenvalue weighted by molar-refractivity contribution is 7.09. The van der Waals surface area contributed by atoms with Crippen LogP contribution in [-0.4, -0.2) is 20.9 Å². The molecular formula is C12H16N4S. The van der Waals surface area contributed by atoms with Gasteiger partial charge in [0.15, 0.2) is 5.82 Å². The Morgan fingerprint density at radius 3 is 3.00 bits per heavy atom. The van der Waals surface area contributed by atoms with E-state index in [0.717, 1.165) is 36.0 Å². The van der Waals surface area contributed by atoms with E-state index in [1.54, 1.807) is 6.20 Å². The maximum Gasteiger partial charge on any atom is 0.202 e. The monoisotopic (exact) mass is 248 g/mol. The molecule has 0 atom stereocenters. The molecule has 0 saturated heterocycles. The number of anilines is 1. The van der Waals surface area contributed by atoms with Crippen LogP contribution < -0.4 is 5.32 Å². The largest absolute Gasteiger partial charge is 0.360 e. The lowest BCUT2D eigenvalue weighted by molar-refractivity contribution is 0.975. The van der Waals surface area contributed by atoms with E-state index in [1.807, 2.05) is 6.07 Å². The molecule has 4 nitrogen and oxygen atoms in total. The average molecular weight is 248 g/mol. The fourth-order valence-corrected chi connectivity index (χ4v) is 2.14. The summed E-state index contributed by atoms with van der Waals surface area (Å²) in [6, 6.07) is 4.02. The highest BCUT2D eigenvalue weighted by atomic mass is 32.1. The fraction of sp³-hybridized carbons (Fsp3) is 0.417. The molecule has 2 aromatic rings. The SMILES string of the molecule is CCCNc1nc(-c2ncccc2CC)ns1. The van der Waals surface area contributed by atoms with Crippen molar-refractivity contribution in [3.63, 3.8) is 0 Å². The van der Waals surface area contributed by atoms with Crippen LogP contribution in [0.2, 0.25) is 0 Å². The Balaban J connectivity index is 2.24. The molecule has 0 aliphatic rings. The second-order valence-corrected chi connectivity index (χ2v) is 4.47. The average Bonchev–Trinajstić information content (AvgIpc) is 2.85. The third kappa shape index (κ3) is 2.79. The first-order valence-electron chi connectivity index (χ1n) is 5.87. The molecule has 0 amide bonds. The van der Waals surface area contributed by atoms with Crippen molar-refractivity contribution in [2.24, 2.45) is 0 Å². The van der Waals surface area contributed by atoms with E-state index in [9.17, 15) is 0 Å². The van der Waals surface area contributed by atoms with E-state index in [4.69, 9.17) is 0 Å². The highest BCUT2D eigenvalue weighted by Crippen LogP contribution is 2.22. The zero-order valence-corrected chi connectivity index (χ0v) is 10.9. The van der Waals surface area contributed by atoms with Crippen LogP contribution >= 0.6 is 11.5 Å². The van der Waals surface area contributed by atoms with Crippen molar-refractivity contribution in [2.75, 3.05) is 11.9 Å². The third-order valence-corrected chi connectivity index (χ3v) is 3.11. The molecule has 0 aliphatic carbocycles. The minimum atomic E-state index is 0.728. The van der Waals surface area contributed by atoms with Crippen LogP contribution in [0.25, 0.3) is 11.5 Å². The molecule has 0 spiro atoms. The van der Waals surface area contributed by atoms with Crippen LogP contribution in [0, 0.1) is 0 Å². The van der Waals surface area contributed by atoms with E-state index in [1.165, 1.54) is 17.1 Å². The minimum absolute atomic E-state index is 0.728. The Bertz CT molecular complexity index is 481. The lowest BCUT2D eigenvalue weighted by Gasteiger charge is -2.01. The van der Waals surface area contributed by atoms with Crippen LogP contribution in [0.4, 0.5) is 5.13 Å². The maximum absolute atomic E-state index is 4.46. The van der Waals surface area contributed by atoms with Gasteiger partial charge in [-0.1, -0.05) is 19.9 Å². The van der Waals surface area contributed by atoms with Gasteiger partial charge >= 0.3 is 0 Å². The molecule has 0 radical (unpaired) electrons. The molecule has 0 saturated carbocycles. The molecule has 2 heterocycles. The first-order chi connectivity index (χ1) is 8.35. The zero-order chi connectivity index (χ0) is 12.1. The van der Waals surface area contributed by atoms with Crippen molar-refractivity contribution in [3.05, 3.63) is 23.9 Å². The van der Waals surface area contributed by atoms with Crippen LogP contribution in [-0.2, 0) is 6.42 Å². The van der Waals surface area contributed by atoms with Gasteiger partial charge in [-0.25, -0.2) is 0 Å². The Kier molecular flexibility index (Phi) is 4.03. The molecule has 0 bridgehead atoms. The summed E-state index contributed by atoms with van der Waals surface area (Å²) < 4.78 is 4.35. The van der Waals surface area contributed by atoms with Crippen LogP contribution in [0.15, 0.2) is 18.3 Å². The third-order valence-electron chi connectivity index (χ3n) is 2.44. The van der Waals surface area contributed by atoms with Gasteiger partial charge in [0, 0.05) is 24.3 Å². The molecule has 2 rings (SSSR count). The van der Waals surface area contributed by atoms with Crippen LogP contribution in [0.3, 0.4) is 0 Å². The smallest absolute Gasteiger partial charge is 0.202 e. The van der Waals surface area contributed by atoms with Crippen molar-refractivity contribution >= 4 is 16.7 Å². The van der Waals surface area contributed by atoms with Gasteiger partial charge in [0.05, 0.1) is 0 Å². The molecule has 5 heteroatoms. The normalized spacial score (nSPS) is 10.5. The number of hydrogen-bond acceptors (Lipinski definition) is 5. The number of rotatable bonds is 5. The van der Waals surface area contributed by atoms with Crippen molar-refractivity contribution in [2.45, 2.75) is 26.7 Å². The van der Waals surface area contributed by atoms with Gasteiger partial charge < -0.3 is 5.32 Å². The maximum atomic E-state index is 4.46. The number of nitrogens with zero attached hydrogens (tertiary/aromatic N) is 3. The molecular weight excluding hydrogens is 232 g/mol. The van der Waals surface area contributed by atoms with Gasteiger partial charge in [0.1, 0.15) is 5.69 Å². The first-order valence-corrected chi connectivity index (χ1v) is 6.64. The summed E-state index contributed by atoms with van der Waals surface area (Å²) >= 11 is 1.39. The molecule has 2 aromatic heterocycles. The van der Waals surface area contributed by atoms with Crippen LogP contribution in [0.1, 0.15) is 25.8 Å². The van der Waals surface area contributed by atoms with E-state index >= 15 is 0 Å². The lowest BCUT2D eigenvalue weighted by atomic mass is 10.1. The summed E-state index contributed by atoms with van der Waals surface area (Å²) in [5.74, 6) is 0.728. The molecule has 0 unspecified atom stereocenters. The van der Waals surface area contributed by atoms with Gasteiger partial charge in [-0.3, -0.25) is 4.98 Å². The van der Waals surface area contributed by atoms with Crippen molar-refractivity contribution in [1.29, 1.82) is 0 Å². The lowest BCUT2D eigenvalue weighted by Crippen LogP contribution is -1.99. The quantitative estimate of drug-likeness (QED) is 0.883. The van der Waals surface area contributed by atoms with E-state index in [0.29, 0.717) is 0 Å². The Labute approximate surface area is 105 Å². The van der Waals surface area contributed by atoms with E-state index in [2.05, 4.69) is 39.6 Å². The molecule has 1 N–H and O–H groups in total. The number of pyridine rings is 1. The number of nitrogens with one attached hydrogen (secondary N) is 1. The predicted molar refractivity (Wildman–Crippen MR) is 71.3 cm³/mol. The van der Waals surface area contributed by atoms with Gasteiger partial charge in [0.2, 0.25) is 5.13 Å². The number of hydrogen-bond donors (Lipinski definition) is 1. The zero-order valence-electron chi connectivity index (χ0n) is 10.1. The molecule has 0 aliphatic heterocycles. The number of aryl methyl sites for hydroxylation is 1. The molecule has 0 aromatic carbocycles. The standard InChI is InChI=1S/C12H16N4S/c1-3-7-14-12-15-11(16-17-12)10-9(4-2)6-5-8-13-10/h5-6,8H,3-4,7H2,1-2H3,(H,14,15,16). The van der Waals surface area contributed by atoms with Crippen molar-refractivity contribution in [3.8, 4) is 11.5 Å². The molecule has 90 valence electrons. The van der Waals surface area contributed by atoms with Gasteiger partial charge in [-0.05, 0) is 24.5 Å². The summed E-state index contributed by atoms with van der Waals surface area (Å²) in [4.78, 5) is 8.83. The molecule has 0 fully saturated rings. The van der Waals surface area contributed by atoms with Gasteiger partial charge in [-0.15, -0.1) is 0 Å². The summed E-state index contributed by atoms with van der Waals surface area (Å²) in [5.41, 5.74) is 2.09. The van der Waals surface area contributed by atoms with E-state index in [-0.39, 0.29) is 0 Å². The Morgan fingerprint density at radius 2 is 2.24 bits per heavy atom. The first kappa shape index (κ1) is 12.0. The Hall–Kier alpha value is -1.49. The second kappa shape index (κ2) is 5.72. The molecule has 17 heavy (non-hydrogen) atoms. The predicted octanol–water partition coefficient (Wildman–Crippen LogP) is 2.98. The summed E-state index contributed by atoms with van der Waals surface area (Å²) in [7, 11) is 0. The summed E-state index contributed by atoms with van der Waals surface area (Å²) in [6.07, 6.45) is 3.81. The highest BCUT2D eigenvalue weighted by Gasteiger charge is 2.10. The van der Waals surface area contributed by atoms with Crippen molar-refractivity contribution in [1.82, 2.24) is 14.3 Å². The van der Waals surface area contributed by atoms with Gasteiger partial charge in [0.25, 0.3) is 0 Å². The minimum Gasteiger partial charge on any atom is -0.360 e. The van der Waals surface area contributed by atoms with Crippen molar-refractivity contribution < 1.29 is 0 Å². The second-order valence-electron chi connectivity index (χ2n) is 3.71. The summed E-state index contributed by atoms with van der Waals surface area (Å²) in [5, 5.41) is 4.11. The summed E-state index contributed by atoms with van der Waals surface area (Å²) in [6.45, 7) is 5.17. The van der Waals surface area contributed by atoms with Crippen LogP contribution in [0.5, 0.6) is 0 Å². The number of aromatic nitrogens is 3. The van der Waals surface area contributed by atoms with Gasteiger partial charge in [-0.2, -0.15) is 9.36 Å². The van der Waals surface area contributed by atoms with E-state index < -0.39 is 0 Å². The fourth-order valence-electron chi connectivity index (χ4n) is 1.55. The Morgan fingerprint density at radius 1 is 1.35 bits per heavy atom.